The first-order valence-corrected chi connectivity index (χ1v) is 12.5. The van der Waals surface area contributed by atoms with Crippen molar-refractivity contribution >= 4 is 32.5 Å². The lowest BCUT2D eigenvalue weighted by Gasteiger charge is -2.15. The summed E-state index contributed by atoms with van der Waals surface area (Å²) >= 11 is 0. The summed E-state index contributed by atoms with van der Waals surface area (Å²) in [6.07, 6.45) is 2.07. The number of carbonyl (C=O) groups is 1. The molecule has 1 amide bonds. The quantitative estimate of drug-likeness (QED) is 0.609. The van der Waals surface area contributed by atoms with Crippen LogP contribution in [-0.2, 0) is 16.6 Å². The molecular formula is C24H26N4O3S. The van der Waals surface area contributed by atoms with Crippen LogP contribution in [0.25, 0.3) is 22.2 Å². The van der Waals surface area contributed by atoms with Crippen molar-refractivity contribution in [2.75, 3.05) is 23.6 Å². The van der Waals surface area contributed by atoms with E-state index >= 15 is 0 Å². The van der Waals surface area contributed by atoms with Crippen LogP contribution in [0, 0.1) is 11.3 Å². The third kappa shape index (κ3) is 3.96. The summed E-state index contributed by atoms with van der Waals surface area (Å²) in [5.74, 6) is 0.0245. The van der Waals surface area contributed by atoms with Crippen molar-refractivity contribution < 1.29 is 13.2 Å². The summed E-state index contributed by atoms with van der Waals surface area (Å²) in [5, 5.41) is 10.8. The lowest BCUT2D eigenvalue weighted by molar-refractivity contribution is 0.0793. The number of amides is 1. The van der Waals surface area contributed by atoms with Gasteiger partial charge in [0.05, 0.1) is 22.5 Å². The third-order valence-corrected chi connectivity index (χ3v) is 7.25. The first kappa shape index (κ1) is 21.9. The Morgan fingerprint density at radius 3 is 2.38 bits per heavy atom. The molecule has 1 aromatic heterocycles. The Balaban J connectivity index is 1.79. The molecule has 7 nitrogen and oxygen atoms in total. The number of carbonyl (C=O) groups excluding carboxylic acids is 1. The summed E-state index contributed by atoms with van der Waals surface area (Å²) in [6.45, 7) is 5.78. The minimum Gasteiger partial charge on any atom is -0.340 e. The summed E-state index contributed by atoms with van der Waals surface area (Å²) in [5.41, 5.74) is 4.08. The molecule has 0 atom stereocenters. The number of hydrogen-bond donors (Lipinski definition) is 1. The van der Waals surface area contributed by atoms with E-state index in [0.717, 1.165) is 48.1 Å². The number of nitriles is 1. The van der Waals surface area contributed by atoms with Crippen molar-refractivity contribution in [3.05, 3.63) is 53.6 Å². The Bertz CT molecular complexity index is 1310. The molecule has 166 valence electrons. The van der Waals surface area contributed by atoms with Crippen LogP contribution in [0.5, 0.6) is 0 Å². The van der Waals surface area contributed by atoms with Crippen LogP contribution in [0.1, 0.15) is 42.6 Å². The van der Waals surface area contributed by atoms with E-state index in [4.69, 9.17) is 0 Å². The predicted molar refractivity (Wildman–Crippen MR) is 126 cm³/mol. The number of aryl methyl sites for hydroxylation is 1. The zero-order chi connectivity index (χ0) is 22.9. The Kier molecular flexibility index (Phi) is 5.94. The summed E-state index contributed by atoms with van der Waals surface area (Å²) in [6, 6.07) is 14.9. The Labute approximate surface area is 188 Å². The number of fused-ring (bicyclic) bond motifs is 1. The maximum absolute atomic E-state index is 12.9. The number of aromatic nitrogens is 1. The van der Waals surface area contributed by atoms with Gasteiger partial charge in [0.2, 0.25) is 10.0 Å². The largest absolute Gasteiger partial charge is 0.340 e. The number of sulfonamides is 1. The summed E-state index contributed by atoms with van der Waals surface area (Å²) < 4.78 is 28.2. The van der Waals surface area contributed by atoms with Crippen molar-refractivity contribution in [3.8, 4) is 17.3 Å². The van der Waals surface area contributed by atoms with E-state index < -0.39 is 10.0 Å². The lowest BCUT2D eigenvalue weighted by Crippen LogP contribution is -2.27. The molecule has 0 spiro atoms. The maximum Gasteiger partial charge on any atom is 0.253 e. The summed E-state index contributed by atoms with van der Waals surface area (Å²) in [7, 11) is -3.36. The van der Waals surface area contributed by atoms with Gasteiger partial charge in [-0.05, 0) is 56.5 Å². The van der Waals surface area contributed by atoms with Crippen molar-refractivity contribution in [3.63, 3.8) is 0 Å². The van der Waals surface area contributed by atoms with Crippen LogP contribution in [0.15, 0.2) is 42.5 Å². The second kappa shape index (κ2) is 8.67. The molecule has 2 heterocycles. The van der Waals surface area contributed by atoms with E-state index in [1.54, 1.807) is 25.1 Å². The van der Waals surface area contributed by atoms with Crippen molar-refractivity contribution in [2.24, 2.45) is 0 Å². The smallest absolute Gasteiger partial charge is 0.253 e. The second-order valence-electron chi connectivity index (χ2n) is 7.89. The Hall–Kier alpha value is -3.31. The van der Waals surface area contributed by atoms with Gasteiger partial charge in [-0.1, -0.05) is 18.2 Å². The van der Waals surface area contributed by atoms with Crippen molar-refractivity contribution in [2.45, 2.75) is 33.2 Å². The van der Waals surface area contributed by atoms with Gasteiger partial charge < -0.3 is 9.47 Å². The molecule has 8 heteroatoms. The molecule has 4 rings (SSSR count). The molecule has 1 aliphatic heterocycles. The van der Waals surface area contributed by atoms with Crippen LogP contribution in [0.4, 0.5) is 5.69 Å². The highest BCUT2D eigenvalue weighted by atomic mass is 32.2. The van der Waals surface area contributed by atoms with Gasteiger partial charge in [-0.15, -0.1) is 0 Å². The van der Waals surface area contributed by atoms with E-state index in [9.17, 15) is 18.5 Å². The van der Waals surface area contributed by atoms with Crippen LogP contribution in [0.3, 0.4) is 0 Å². The molecule has 1 fully saturated rings. The molecule has 0 unspecified atom stereocenters. The normalized spacial score (nSPS) is 14.0. The molecule has 32 heavy (non-hydrogen) atoms. The van der Waals surface area contributed by atoms with E-state index in [1.807, 2.05) is 40.7 Å². The minimum atomic E-state index is -3.36. The summed E-state index contributed by atoms with van der Waals surface area (Å²) in [4.78, 5) is 14.8. The van der Waals surface area contributed by atoms with Gasteiger partial charge >= 0.3 is 0 Å². The standard InChI is InChI=1S/C24H26N4O3S/c1-3-28-22-15-18(24(29)27-13-5-6-14-27)9-12-20(22)21(16-25)23(28)17-7-10-19(11-8-17)26-32(30,31)4-2/h7-12,15,26H,3-6,13-14H2,1-2H3. The molecule has 0 saturated carbocycles. The number of nitrogens with zero attached hydrogens (tertiary/aromatic N) is 3. The second-order valence-corrected chi connectivity index (χ2v) is 9.90. The van der Waals surface area contributed by atoms with Crippen LogP contribution in [-0.4, -0.2) is 42.6 Å². The minimum absolute atomic E-state index is 0.00408. The SMILES string of the molecule is CCn1c(-c2ccc(NS(=O)(=O)CC)cc2)c(C#N)c2ccc(C(=O)N3CCCC3)cc21. The fourth-order valence-electron chi connectivity index (χ4n) is 4.27. The van der Waals surface area contributed by atoms with E-state index in [0.29, 0.717) is 23.4 Å². The van der Waals surface area contributed by atoms with Gasteiger partial charge in [-0.25, -0.2) is 8.42 Å². The van der Waals surface area contributed by atoms with E-state index in [1.165, 1.54) is 0 Å². The molecule has 2 aromatic carbocycles. The number of rotatable bonds is 6. The predicted octanol–water partition coefficient (Wildman–Crippen LogP) is 4.20. The van der Waals surface area contributed by atoms with Gasteiger partial charge in [0.1, 0.15) is 6.07 Å². The maximum atomic E-state index is 12.9. The highest BCUT2D eigenvalue weighted by Crippen LogP contribution is 2.35. The van der Waals surface area contributed by atoms with Gasteiger partial charge in [0, 0.05) is 36.3 Å². The number of likely N-dealkylation sites (tertiary alicyclic amines) is 1. The highest BCUT2D eigenvalue weighted by Gasteiger charge is 2.23. The molecular weight excluding hydrogens is 424 g/mol. The molecule has 1 saturated heterocycles. The monoisotopic (exact) mass is 450 g/mol. The average Bonchev–Trinajstić information content (AvgIpc) is 3.44. The Morgan fingerprint density at radius 2 is 1.78 bits per heavy atom. The number of hydrogen-bond acceptors (Lipinski definition) is 4. The molecule has 0 radical (unpaired) electrons. The number of nitrogens with one attached hydrogen (secondary N) is 1. The number of benzene rings is 2. The zero-order valence-corrected chi connectivity index (χ0v) is 19.1. The first-order chi connectivity index (χ1) is 15.4. The lowest BCUT2D eigenvalue weighted by atomic mass is 10.0. The Morgan fingerprint density at radius 1 is 1.09 bits per heavy atom. The number of anilines is 1. The van der Waals surface area contributed by atoms with Crippen LogP contribution < -0.4 is 4.72 Å². The molecule has 1 aliphatic rings. The van der Waals surface area contributed by atoms with Crippen molar-refractivity contribution in [1.82, 2.24) is 9.47 Å². The third-order valence-electron chi connectivity index (χ3n) is 5.94. The zero-order valence-electron chi connectivity index (χ0n) is 18.3. The fourth-order valence-corrected chi connectivity index (χ4v) is 4.91. The van der Waals surface area contributed by atoms with Gasteiger partial charge in [0.25, 0.3) is 5.91 Å². The first-order valence-electron chi connectivity index (χ1n) is 10.8. The van der Waals surface area contributed by atoms with Crippen LogP contribution in [0.2, 0.25) is 0 Å². The van der Waals surface area contributed by atoms with Crippen molar-refractivity contribution in [1.29, 1.82) is 5.26 Å². The highest BCUT2D eigenvalue weighted by molar-refractivity contribution is 7.92. The van der Waals surface area contributed by atoms with E-state index in [2.05, 4.69) is 10.8 Å². The van der Waals surface area contributed by atoms with E-state index in [-0.39, 0.29) is 11.7 Å². The molecule has 1 N–H and O–H groups in total. The average molecular weight is 451 g/mol. The molecule has 3 aromatic rings. The molecule has 0 aliphatic carbocycles. The van der Waals surface area contributed by atoms with Gasteiger partial charge in [0.15, 0.2) is 0 Å². The molecule has 0 bridgehead atoms. The van der Waals surface area contributed by atoms with Gasteiger partial charge in [-0.2, -0.15) is 5.26 Å². The fraction of sp³-hybridized carbons (Fsp3) is 0.333. The van der Waals surface area contributed by atoms with Gasteiger partial charge in [-0.3, -0.25) is 9.52 Å². The van der Waals surface area contributed by atoms with Crippen LogP contribution >= 0.6 is 0 Å². The topological polar surface area (TPSA) is 95.2 Å².